The van der Waals surface area contributed by atoms with E-state index in [9.17, 15) is 0 Å². The lowest BCUT2D eigenvalue weighted by molar-refractivity contribution is -0.0843. The number of hydrogen-bond donors (Lipinski definition) is 1. The molecule has 138 valence electrons. The van der Waals surface area contributed by atoms with Crippen molar-refractivity contribution in [2.45, 2.75) is 50.0 Å². The van der Waals surface area contributed by atoms with Crippen molar-refractivity contribution in [1.29, 1.82) is 0 Å². The lowest BCUT2D eigenvalue weighted by Gasteiger charge is -2.43. The number of fused-ring (bicyclic) bond motifs is 1. The van der Waals surface area contributed by atoms with Crippen LogP contribution in [0, 0.1) is 0 Å². The third-order valence-electron chi connectivity index (χ3n) is 5.88. The minimum Gasteiger partial charge on any atom is -0.474 e. The van der Waals surface area contributed by atoms with Crippen molar-refractivity contribution in [3.8, 4) is 5.88 Å². The summed E-state index contributed by atoms with van der Waals surface area (Å²) in [7, 11) is 1.84. The molecule has 2 aromatic rings. The second kappa shape index (κ2) is 7.21. The molecule has 0 radical (unpaired) electrons. The number of nitrogens with two attached hydrogens (primary N) is 1. The van der Waals surface area contributed by atoms with Crippen LogP contribution < -0.4 is 10.5 Å². The Morgan fingerprint density at radius 3 is 2.85 bits per heavy atom. The first-order valence-corrected chi connectivity index (χ1v) is 9.26. The van der Waals surface area contributed by atoms with Crippen molar-refractivity contribution in [2.24, 2.45) is 0 Å². The van der Waals surface area contributed by atoms with Gasteiger partial charge in [-0.15, -0.1) is 0 Å². The molecule has 2 fully saturated rings. The summed E-state index contributed by atoms with van der Waals surface area (Å²) in [4.78, 5) is 11.0. The number of likely N-dealkylation sites (tertiary alicyclic amines) is 1. The summed E-state index contributed by atoms with van der Waals surface area (Å²) in [5, 5.41) is 0. The van der Waals surface area contributed by atoms with E-state index in [1.807, 2.05) is 31.4 Å². The summed E-state index contributed by atoms with van der Waals surface area (Å²) in [6.07, 6.45) is 7.64. The van der Waals surface area contributed by atoms with Crippen molar-refractivity contribution in [2.75, 3.05) is 19.4 Å². The normalized spacial score (nSPS) is 28.7. The molecule has 26 heavy (non-hydrogen) atoms. The van der Waals surface area contributed by atoms with Crippen LogP contribution in [0.2, 0.25) is 0 Å². The number of methoxy groups -OCH3 is 1. The molecule has 3 heterocycles. The van der Waals surface area contributed by atoms with Gasteiger partial charge in [0.2, 0.25) is 5.88 Å². The fraction of sp³-hybridized carbons (Fsp3) is 0.500. The lowest BCUT2D eigenvalue weighted by atomic mass is 9.79. The Kier molecular flexibility index (Phi) is 4.78. The predicted octanol–water partition coefficient (Wildman–Crippen LogP) is 2.65. The summed E-state index contributed by atoms with van der Waals surface area (Å²) < 4.78 is 12.2. The highest BCUT2D eigenvalue weighted by atomic mass is 16.5. The van der Waals surface area contributed by atoms with Gasteiger partial charge in [-0.25, -0.2) is 9.97 Å². The first-order valence-electron chi connectivity index (χ1n) is 9.26. The maximum atomic E-state index is 6.14. The third kappa shape index (κ3) is 3.27. The Labute approximate surface area is 154 Å². The predicted molar refractivity (Wildman–Crippen MR) is 99.7 cm³/mol. The highest BCUT2D eigenvalue weighted by Gasteiger charge is 2.51. The second-order valence-corrected chi connectivity index (χ2v) is 7.24. The van der Waals surface area contributed by atoms with Gasteiger partial charge in [0.05, 0.1) is 5.60 Å². The second-order valence-electron chi connectivity index (χ2n) is 7.24. The summed E-state index contributed by atoms with van der Waals surface area (Å²) in [6.45, 7) is 1.80. The number of rotatable bonds is 5. The summed E-state index contributed by atoms with van der Waals surface area (Å²) >= 11 is 0. The lowest BCUT2D eigenvalue weighted by Crippen LogP contribution is -2.52. The fourth-order valence-corrected chi connectivity index (χ4v) is 4.44. The molecule has 0 aromatic carbocycles. The van der Waals surface area contributed by atoms with Crippen LogP contribution in [0.25, 0.3) is 0 Å². The number of aromatic nitrogens is 2. The van der Waals surface area contributed by atoms with Crippen LogP contribution in [0.15, 0.2) is 42.7 Å². The maximum Gasteiger partial charge on any atom is 0.213 e. The molecular weight excluding hydrogens is 328 g/mol. The summed E-state index contributed by atoms with van der Waals surface area (Å²) in [5.41, 5.74) is 7.05. The molecule has 2 N–H and O–H groups in total. The number of anilines is 1. The van der Waals surface area contributed by atoms with Crippen molar-refractivity contribution in [1.82, 2.24) is 14.9 Å². The molecule has 6 heteroatoms. The van der Waals surface area contributed by atoms with Crippen LogP contribution in [0.3, 0.4) is 0 Å². The van der Waals surface area contributed by atoms with Gasteiger partial charge in [0.1, 0.15) is 11.9 Å². The van der Waals surface area contributed by atoms with Crippen molar-refractivity contribution in [3.63, 3.8) is 0 Å². The van der Waals surface area contributed by atoms with Gasteiger partial charge in [0.25, 0.3) is 0 Å². The summed E-state index contributed by atoms with van der Waals surface area (Å²) in [5.74, 6) is 1.31. The Morgan fingerprint density at radius 1 is 1.19 bits per heavy atom. The van der Waals surface area contributed by atoms with Crippen LogP contribution in [0.4, 0.5) is 5.82 Å². The molecule has 0 unspecified atom stereocenters. The number of nitrogens with zero attached hydrogens (tertiary/aromatic N) is 3. The number of pyridine rings is 2. The number of hydrogen-bond acceptors (Lipinski definition) is 6. The van der Waals surface area contributed by atoms with Gasteiger partial charge in [0, 0.05) is 56.7 Å². The smallest absolute Gasteiger partial charge is 0.213 e. The Hall–Kier alpha value is -2.18. The van der Waals surface area contributed by atoms with Crippen LogP contribution in [-0.4, -0.2) is 46.3 Å². The van der Waals surface area contributed by atoms with Crippen LogP contribution in [-0.2, 0) is 11.3 Å². The Bertz CT molecular complexity index is 742. The van der Waals surface area contributed by atoms with Gasteiger partial charge in [-0.1, -0.05) is 12.1 Å². The first kappa shape index (κ1) is 17.2. The number of ether oxygens (including phenoxy) is 2. The average molecular weight is 354 g/mol. The van der Waals surface area contributed by atoms with E-state index in [4.69, 9.17) is 15.2 Å². The van der Waals surface area contributed by atoms with Gasteiger partial charge in [-0.2, -0.15) is 0 Å². The zero-order valence-corrected chi connectivity index (χ0v) is 15.2. The fourth-order valence-electron chi connectivity index (χ4n) is 4.44. The average Bonchev–Trinajstić information content (AvgIpc) is 3.03. The summed E-state index contributed by atoms with van der Waals surface area (Å²) in [6, 6.07) is 10.1. The zero-order valence-electron chi connectivity index (χ0n) is 15.2. The van der Waals surface area contributed by atoms with E-state index in [2.05, 4.69) is 20.9 Å². The first-order chi connectivity index (χ1) is 12.7. The SMILES string of the molecule is CO[C@@]12CC[C@H](Oc3ccccn3)C[C@@H]1N(Cc1cccnc1N)CC2. The molecule has 0 spiro atoms. The van der Waals surface area contributed by atoms with Gasteiger partial charge < -0.3 is 15.2 Å². The minimum atomic E-state index is -0.0824. The third-order valence-corrected chi connectivity index (χ3v) is 5.88. The Balaban J connectivity index is 1.50. The van der Waals surface area contributed by atoms with E-state index in [1.165, 1.54) is 0 Å². The van der Waals surface area contributed by atoms with E-state index in [1.54, 1.807) is 12.4 Å². The van der Waals surface area contributed by atoms with Crippen LogP contribution in [0.5, 0.6) is 5.88 Å². The quantitative estimate of drug-likeness (QED) is 0.890. The minimum absolute atomic E-state index is 0.0824. The molecule has 3 atom stereocenters. The van der Waals surface area contributed by atoms with Gasteiger partial charge >= 0.3 is 0 Å². The molecule has 2 aliphatic rings. The molecule has 0 amide bonds. The van der Waals surface area contributed by atoms with Crippen molar-refractivity contribution in [3.05, 3.63) is 48.3 Å². The maximum absolute atomic E-state index is 6.14. The van der Waals surface area contributed by atoms with E-state index in [0.29, 0.717) is 17.7 Å². The van der Waals surface area contributed by atoms with Gasteiger partial charge in [-0.3, -0.25) is 4.90 Å². The van der Waals surface area contributed by atoms with Crippen molar-refractivity contribution < 1.29 is 9.47 Å². The molecule has 1 aliphatic carbocycles. The molecule has 2 aromatic heterocycles. The largest absolute Gasteiger partial charge is 0.474 e. The van der Waals surface area contributed by atoms with E-state index in [0.717, 1.165) is 44.3 Å². The van der Waals surface area contributed by atoms with Crippen molar-refractivity contribution >= 4 is 5.82 Å². The molecule has 1 saturated carbocycles. The molecule has 1 aliphatic heterocycles. The molecule has 4 rings (SSSR count). The molecule has 6 nitrogen and oxygen atoms in total. The van der Waals surface area contributed by atoms with E-state index >= 15 is 0 Å². The van der Waals surface area contributed by atoms with Gasteiger partial charge in [0.15, 0.2) is 0 Å². The highest BCUT2D eigenvalue weighted by Crippen LogP contribution is 2.43. The van der Waals surface area contributed by atoms with Gasteiger partial charge in [-0.05, 0) is 31.4 Å². The van der Waals surface area contributed by atoms with E-state index < -0.39 is 0 Å². The topological polar surface area (TPSA) is 73.5 Å². The van der Waals surface area contributed by atoms with E-state index in [-0.39, 0.29) is 11.7 Å². The molecule has 0 bridgehead atoms. The number of nitrogen functional groups attached to an aromatic ring is 1. The highest BCUT2D eigenvalue weighted by molar-refractivity contribution is 5.38. The Morgan fingerprint density at radius 2 is 2.08 bits per heavy atom. The zero-order chi connectivity index (χ0) is 18.0. The molecule has 1 saturated heterocycles. The molecular formula is C20H26N4O2. The standard InChI is InChI=1S/C20H26N4O2/c1-25-20-8-7-16(26-18-6-2-3-10-22-18)13-17(20)24(12-9-20)14-15-5-4-11-23-19(15)21/h2-6,10-11,16-17H,7-9,12-14H2,1H3,(H2,21,23)/t16-,17-,20+/m0/s1. The van der Waals surface area contributed by atoms with Crippen LogP contribution >= 0.6 is 0 Å². The van der Waals surface area contributed by atoms with Crippen LogP contribution in [0.1, 0.15) is 31.2 Å². The monoisotopic (exact) mass is 354 g/mol.